The molecule has 0 bridgehead atoms. The van der Waals surface area contributed by atoms with E-state index in [0.717, 1.165) is 45.4 Å². The van der Waals surface area contributed by atoms with Crippen molar-refractivity contribution in [1.29, 1.82) is 0 Å². The molecule has 2 unspecified atom stereocenters. The number of likely N-dealkylation sites (tertiary alicyclic amines) is 1. The first-order chi connectivity index (χ1) is 18.8. The molecule has 2 aliphatic rings. The lowest BCUT2D eigenvalue weighted by atomic mass is 9.98. The fraction of sp³-hybridized carbons (Fsp3) is 0.469. The highest BCUT2D eigenvalue weighted by Gasteiger charge is 2.45. The van der Waals surface area contributed by atoms with E-state index in [4.69, 9.17) is 4.74 Å². The normalized spacial score (nSPS) is 19.0. The molecular formula is C32H41N4O3+. The Morgan fingerprint density at radius 3 is 2.38 bits per heavy atom. The molecular weight excluding hydrogens is 488 g/mol. The molecule has 1 aliphatic heterocycles. The van der Waals surface area contributed by atoms with Crippen LogP contribution in [0.15, 0.2) is 60.9 Å². The second kappa shape index (κ2) is 11.7. The van der Waals surface area contributed by atoms with Gasteiger partial charge < -0.3 is 14.5 Å². The molecule has 39 heavy (non-hydrogen) atoms. The number of carbonyl (C=O) groups is 2. The molecule has 1 aliphatic carbocycles. The first-order valence-corrected chi connectivity index (χ1v) is 14.2. The largest absolute Gasteiger partial charge is 0.462 e. The van der Waals surface area contributed by atoms with Crippen LogP contribution in [-0.4, -0.2) is 65.2 Å². The van der Waals surface area contributed by atoms with Gasteiger partial charge in [0.2, 0.25) is 12.1 Å². The molecule has 2 heterocycles. The van der Waals surface area contributed by atoms with E-state index in [2.05, 4.69) is 55.8 Å². The number of nitrogens with zero attached hydrogens (tertiary/aromatic N) is 4. The Morgan fingerprint density at radius 1 is 1.05 bits per heavy atom. The molecule has 7 heteroatoms. The van der Waals surface area contributed by atoms with Crippen molar-refractivity contribution < 1.29 is 19.0 Å². The van der Waals surface area contributed by atoms with Gasteiger partial charge in [-0.25, -0.2) is 4.79 Å². The van der Waals surface area contributed by atoms with Crippen molar-refractivity contribution in [3.63, 3.8) is 0 Å². The fourth-order valence-corrected chi connectivity index (χ4v) is 5.85. The van der Waals surface area contributed by atoms with E-state index in [1.54, 1.807) is 6.92 Å². The van der Waals surface area contributed by atoms with E-state index in [-0.39, 0.29) is 11.9 Å². The predicted octanol–water partition coefficient (Wildman–Crippen LogP) is 3.96. The Labute approximate surface area is 232 Å². The number of hydrogen-bond donors (Lipinski definition) is 0. The Morgan fingerprint density at radius 2 is 1.77 bits per heavy atom. The van der Waals surface area contributed by atoms with E-state index in [9.17, 15) is 9.59 Å². The lowest BCUT2D eigenvalue weighted by Crippen LogP contribution is -2.52. The number of carbonyl (C=O) groups excluding carboxylic acids is 2. The molecule has 1 saturated carbocycles. The summed E-state index contributed by atoms with van der Waals surface area (Å²) in [5, 5.41) is 0. The molecule has 206 valence electrons. The van der Waals surface area contributed by atoms with Crippen LogP contribution in [0, 0.1) is 5.92 Å². The van der Waals surface area contributed by atoms with Crippen molar-refractivity contribution in [2.75, 3.05) is 32.8 Å². The fourth-order valence-electron chi connectivity index (χ4n) is 5.85. The monoisotopic (exact) mass is 529 g/mol. The summed E-state index contributed by atoms with van der Waals surface area (Å²) in [5.41, 5.74) is 5.62. The zero-order valence-electron chi connectivity index (χ0n) is 23.7. The molecule has 0 N–H and O–H groups in total. The number of esters is 1. The summed E-state index contributed by atoms with van der Waals surface area (Å²) in [6.07, 6.45) is 7.42. The van der Waals surface area contributed by atoms with Crippen LogP contribution in [0.2, 0.25) is 0 Å². The molecule has 7 nitrogen and oxygen atoms in total. The SMILES string of the molecule is CCOC(=O)c1ccc(CCCN2CC(CN(C(C)=O)C3CC3c3ccc(-c4cn(C)[n+](C)c4)cc3)C2)cc1. The number of amides is 1. The topological polar surface area (TPSA) is 58.7 Å². The minimum absolute atomic E-state index is 0.195. The number of aromatic nitrogens is 2. The number of benzene rings is 2. The molecule has 0 spiro atoms. The van der Waals surface area contributed by atoms with Gasteiger partial charge in [0.15, 0.2) is 7.05 Å². The summed E-state index contributed by atoms with van der Waals surface area (Å²) >= 11 is 0. The van der Waals surface area contributed by atoms with Gasteiger partial charge in [0.05, 0.1) is 31.0 Å². The summed E-state index contributed by atoms with van der Waals surface area (Å²) in [4.78, 5) is 29.0. The quantitative estimate of drug-likeness (QED) is 0.279. The molecule has 1 saturated heterocycles. The van der Waals surface area contributed by atoms with Gasteiger partial charge in [-0.1, -0.05) is 36.4 Å². The van der Waals surface area contributed by atoms with Gasteiger partial charge in [-0.15, -0.1) is 4.68 Å². The average molecular weight is 530 g/mol. The van der Waals surface area contributed by atoms with Gasteiger partial charge in [-0.2, -0.15) is 4.68 Å². The zero-order valence-corrected chi connectivity index (χ0v) is 23.7. The zero-order chi connectivity index (χ0) is 27.5. The summed E-state index contributed by atoms with van der Waals surface area (Å²) in [7, 11) is 4.08. The lowest BCUT2D eigenvalue weighted by Gasteiger charge is -2.42. The van der Waals surface area contributed by atoms with Crippen molar-refractivity contribution in [2.45, 2.75) is 45.1 Å². The smallest absolute Gasteiger partial charge is 0.338 e. The van der Waals surface area contributed by atoms with Gasteiger partial charge in [-0.05, 0) is 61.6 Å². The van der Waals surface area contributed by atoms with E-state index in [1.165, 1.54) is 22.3 Å². The van der Waals surface area contributed by atoms with Crippen LogP contribution in [0.3, 0.4) is 0 Å². The third kappa shape index (κ3) is 6.41. The molecule has 2 fully saturated rings. The average Bonchev–Trinajstić information content (AvgIpc) is 3.62. The molecule has 0 radical (unpaired) electrons. The predicted molar refractivity (Wildman–Crippen MR) is 151 cm³/mol. The number of aryl methyl sites for hydroxylation is 3. The van der Waals surface area contributed by atoms with Crippen LogP contribution < -0.4 is 4.68 Å². The van der Waals surface area contributed by atoms with Crippen LogP contribution in [0.4, 0.5) is 0 Å². The first kappa shape index (κ1) is 27.1. The maximum Gasteiger partial charge on any atom is 0.338 e. The van der Waals surface area contributed by atoms with Crippen LogP contribution in [0.1, 0.15) is 54.1 Å². The van der Waals surface area contributed by atoms with Gasteiger partial charge in [0.1, 0.15) is 0 Å². The Kier molecular flexibility index (Phi) is 8.17. The minimum atomic E-state index is -0.261. The minimum Gasteiger partial charge on any atom is -0.462 e. The third-order valence-electron chi connectivity index (χ3n) is 8.28. The first-order valence-electron chi connectivity index (χ1n) is 14.2. The molecule has 3 aromatic rings. The molecule has 5 rings (SSSR count). The second-order valence-corrected chi connectivity index (χ2v) is 11.2. The number of hydrogen-bond acceptors (Lipinski definition) is 4. The number of rotatable bonds is 11. The van der Waals surface area contributed by atoms with Gasteiger partial charge in [0.25, 0.3) is 0 Å². The summed E-state index contributed by atoms with van der Waals surface area (Å²) in [6, 6.07) is 17.0. The van der Waals surface area contributed by atoms with Gasteiger partial charge in [0, 0.05) is 44.4 Å². The molecule has 2 aromatic carbocycles. The summed E-state index contributed by atoms with van der Waals surface area (Å²) in [6.45, 7) is 7.98. The Balaban J connectivity index is 1.05. The van der Waals surface area contributed by atoms with E-state index < -0.39 is 0 Å². The number of ether oxygens (including phenoxy) is 1. The summed E-state index contributed by atoms with van der Waals surface area (Å²) in [5.74, 6) is 0.935. The molecule has 2 atom stereocenters. The maximum absolute atomic E-state index is 12.5. The Hall–Kier alpha value is -3.45. The Bertz CT molecular complexity index is 1270. The van der Waals surface area contributed by atoms with E-state index >= 15 is 0 Å². The maximum atomic E-state index is 12.5. The van der Waals surface area contributed by atoms with E-state index in [0.29, 0.717) is 30.0 Å². The highest BCUT2D eigenvalue weighted by Crippen LogP contribution is 2.45. The second-order valence-electron chi connectivity index (χ2n) is 11.2. The van der Waals surface area contributed by atoms with Crippen molar-refractivity contribution in [2.24, 2.45) is 20.0 Å². The van der Waals surface area contributed by atoms with Crippen LogP contribution in [0.5, 0.6) is 0 Å². The standard InChI is InChI=1S/C32H41N4O3/c1-5-39-32(38)28-10-8-24(9-11-28)7-6-16-35-18-25(19-35)20-36(23(2)37)31-17-30(31)27-14-12-26(13-15-27)29-21-33(3)34(4)22-29/h8-15,21-22,25,30-31H,5-7,16-20H2,1-4H3/q+1. The van der Waals surface area contributed by atoms with Crippen molar-refractivity contribution in [3.05, 3.63) is 77.6 Å². The third-order valence-corrected chi connectivity index (χ3v) is 8.28. The highest BCUT2D eigenvalue weighted by atomic mass is 16.5. The van der Waals surface area contributed by atoms with E-state index in [1.807, 2.05) is 45.3 Å². The molecule has 1 aromatic heterocycles. The van der Waals surface area contributed by atoms with Crippen molar-refractivity contribution in [1.82, 2.24) is 14.5 Å². The van der Waals surface area contributed by atoms with Gasteiger partial charge in [-0.3, -0.25) is 4.79 Å². The highest BCUT2D eigenvalue weighted by molar-refractivity contribution is 5.89. The van der Waals surface area contributed by atoms with Gasteiger partial charge >= 0.3 is 5.97 Å². The molecule has 1 amide bonds. The summed E-state index contributed by atoms with van der Waals surface area (Å²) < 4.78 is 9.19. The van der Waals surface area contributed by atoms with Crippen molar-refractivity contribution in [3.8, 4) is 11.1 Å². The van der Waals surface area contributed by atoms with Crippen LogP contribution in [-0.2, 0) is 30.0 Å². The lowest BCUT2D eigenvalue weighted by molar-refractivity contribution is -0.751. The van der Waals surface area contributed by atoms with Crippen LogP contribution in [0.25, 0.3) is 11.1 Å². The van der Waals surface area contributed by atoms with Crippen LogP contribution >= 0.6 is 0 Å². The van der Waals surface area contributed by atoms with Crippen molar-refractivity contribution >= 4 is 11.9 Å².